The number of benzene rings is 2. The van der Waals surface area contributed by atoms with Gasteiger partial charge in [-0.1, -0.05) is 17.7 Å². The van der Waals surface area contributed by atoms with Crippen molar-refractivity contribution >= 4 is 21.4 Å². The van der Waals surface area contributed by atoms with Crippen LogP contribution in [-0.2, 0) is 16.6 Å². The second-order valence-corrected chi connectivity index (χ2v) is 8.18. The molecule has 0 aliphatic heterocycles. The summed E-state index contributed by atoms with van der Waals surface area (Å²) in [4.78, 5) is 4.57. The Balaban J connectivity index is 1.73. The van der Waals surface area contributed by atoms with Crippen LogP contribution in [-0.4, -0.2) is 23.6 Å². The van der Waals surface area contributed by atoms with Crippen LogP contribution in [0.4, 0.5) is 0 Å². The fourth-order valence-corrected chi connectivity index (χ4v) is 3.99. The van der Waals surface area contributed by atoms with Gasteiger partial charge in [0.15, 0.2) is 11.5 Å². The summed E-state index contributed by atoms with van der Waals surface area (Å²) in [6.45, 7) is 1.97. The standard InChI is InChI=1S/C17H16N2O4S2/c1-11-2-5-13(6-3-11)25(22,23)18-9-17-19-14(10-24-17)12-4-7-15(20)16(21)8-12/h2-8,10,18,20-21H,9H2,1H3. The molecule has 6 nitrogen and oxygen atoms in total. The van der Waals surface area contributed by atoms with Gasteiger partial charge in [-0.2, -0.15) is 0 Å². The van der Waals surface area contributed by atoms with E-state index in [2.05, 4.69) is 9.71 Å². The molecule has 0 atom stereocenters. The fraction of sp³-hybridized carbons (Fsp3) is 0.118. The number of aromatic hydroxyl groups is 2. The first-order chi connectivity index (χ1) is 11.8. The Morgan fingerprint density at radius 1 is 1.08 bits per heavy atom. The molecule has 0 aliphatic carbocycles. The molecule has 25 heavy (non-hydrogen) atoms. The Labute approximate surface area is 149 Å². The van der Waals surface area contributed by atoms with Crippen molar-refractivity contribution in [2.45, 2.75) is 18.4 Å². The number of thiazole rings is 1. The molecule has 1 heterocycles. The molecule has 0 bridgehead atoms. The van der Waals surface area contributed by atoms with E-state index in [0.717, 1.165) is 5.56 Å². The van der Waals surface area contributed by atoms with Gasteiger partial charge in [-0.15, -0.1) is 11.3 Å². The number of sulfonamides is 1. The molecule has 3 rings (SSSR count). The van der Waals surface area contributed by atoms with E-state index in [0.29, 0.717) is 16.3 Å². The van der Waals surface area contributed by atoms with E-state index in [9.17, 15) is 18.6 Å². The van der Waals surface area contributed by atoms with Crippen molar-refractivity contribution < 1.29 is 18.6 Å². The minimum atomic E-state index is -3.60. The SMILES string of the molecule is Cc1ccc(S(=O)(=O)NCc2nc(-c3ccc(O)c(O)c3)cs2)cc1. The second kappa shape index (κ2) is 6.83. The lowest BCUT2D eigenvalue weighted by Gasteiger charge is -2.05. The van der Waals surface area contributed by atoms with Crippen molar-refractivity contribution in [3.05, 3.63) is 58.4 Å². The largest absolute Gasteiger partial charge is 0.504 e. The van der Waals surface area contributed by atoms with E-state index < -0.39 is 10.0 Å². The van der Waals surface area contributed by atoms with Gasteiger partial charge in [0.2, 0.25) is 10.0 Å². The van der Waals surface area contributed by atoms with Crippen LogP contribution in [0.15, 0.2) is 52.7 Å². The van der Waals surface area contributed by atoms with Crippen LogP contribution in [0, 0.1) is 6.92 Å². The maximum Gasteiger partial charge on any atom is 0.240 e. The Bertz CT molecular complexity index is 996. The highest BCUT2D eigenvalue weighted by molar-refractivity contribution is 7.89. The number of aromatic nitrogens is 1. The second-order valence-electron chi connectivity index (χ2n) is 5.47. The van der Waals surface area contributed by atoms with Gasteiger partial charge in [-0.3, -0.25) is 0 Å². The molecule has 0 saturated carbocycles. The Hall–Kier alpha value is -2.42. The summed E-state index contributed by atoms with van der Waals surface area (Å²) in [5.74, 6) is -0.433. The number of rotatable bonds is 5. The number of hydrogen-bond acceptors (Lipinski definition) is 6. The summed E-state index contributed by atoms with van der Waals surface area (Å²) in [6.07, 6.45) is 0. The van der Waals surface area contributed by atoms with E-state index >= 15 is 0 Å². The van der Waals surface area contributed by atoms with Crippen molar-refractivity contribution in [1.29, 1.82) is 0 Å². The Morgan fingerprint density at radius 3 is 2.48 bits per heavy atom. The van der Waals surface area contributed by atoms with Crippen LogP contribution in [0.1, 0.15) is 10.6 Å². The van der Waals surface area contributed by atoms with Crippen LogP contribution in [0.25, 0.3) is 11.3 Å². The predicted octanol–water partition coefficient (Wildman–Crippen LogP) is 3.01. The lowest BCUT2D eigenvalue weighted by atomic mass is 10.1. The first-order valence-corrected chi connectivity index (χ1v) is 9.74. The third-order valence-electron chi connectivity index (χ3n) is 3.57. The van der Waals surface area contributed by atoms with Gasteiger partial charge in [0.1, 0.15) is 5.01 Å². The highest BCUT2D eigenvalue weighted by Gasteiger charge is 2.15. The molecular formula is C17H16N2O4S2. The summed E-state index contributed by atoms with van der Waals surface area (Å²) in [7, 11) is -3.60. The summed E-state index contributed by atoms with van der Waals surface area (Å²) < 4.78 is 27.1. The maximum absolute atomic E-state index is 12.3. The van der Waals surface area contributed by atoms with Gasteiger partial charge < -0.3 is 10.2 Å². The van der Waals surface area contributed by atoms with Crippen molar-refractivity contribution in [3.63, 3.8) is 0 Å². The van der Waals surface area contributed by atoms with Crippen LogP contribution < -0.4 is 4.72 Å². The highest BCUT2D eigenvalue weighted by Crippen LogP contribution is 2.31. The van der Waals surface area contributed by atoms with Crippen molar-refractivity contribution in [3.8, 4) is 22.8 Å². The van der Waals surface area contributed by atoms with E-state index in [1.807, 2.05) is 6.92 Å². The molecule has 0 radical (unpaired) electrons. The minimum Gasteiger partial charge on any atom is -0.504 e. The maximum atomic E-state index is 12.3. The zero-order valence-electron chi connectivity index (χ0n) is 13.3. The predicted molar refractivity (Wildman–Crippen MR) is 96.1 cm³/mol. The van der Waals surface area contributed by atoms with Gasteiger partial charge in [0, 0.05) is 10.9 Å². The molecule has 3 N–H and O–H groups in total. The van der Waals surface area contributed by atoms with E-state index in [4.69, 9.17) is 0 Å². The number of hydrogen-bond donors (Lipinski definition) is 3. The normalized spacial score (nSPS) is 11.6. The molecule has 3 aromatic rings. The molecule has 130 valence electrons. The molecule has 0 saturated heterocycles. The lowest BCUT2D eigenvalue weighted by molar-refractivity contribution is 0.404. The number of aryl methyl sites for hydroxylation is 1. The monoisotopic (exact) mass is 376 g/mol. The van der Waals surface area contributed by atoms with Gasteiger partial charge in [-0.05, 0) is 37.3 Å². The van der Waals surface area contributed by atoms with Crippen LogP contribution in [0.5, 0.6) is 11.5 Å². The summed E-state index contributed by atoms with van der Waals surface area (Å²) in [6, 6.07) is 11.0. The number of phenols is 2. The highest BCUT2D eigenvalue weighted by atomic mass is 32.2. The number of nitrogens with one attached hydrogen (secondary N) is 1. The first-order valence-electron chi connectivity index (χ1n) is 7.38. The van der Waals surface area contributed by atoms with Gasteiger partial charge in [0.25, 0.3) is 0 Å². The quantitative estimate of drug-likeness (QED) is 0.595. The molecule has 2 aromatic carbocycles. The fourth-order valence-electron chi connectivity index (χ4n) is 2.16. The number of nitrogens with zero attached hydrogens (tertiary/aromatic N) is 1. The first kappa shape index (κ1) is 17.4. The zero-order chi connectivity index (χ0) is 18.0. The van der Waals surface area contributed by atoms with Gasteiger partial charge in [-0.25, -0.2) is 18.1 Å². The number of phenolic OH excluding ortho intramolecular Hbond substituents is 2. The van der Waals surface area contributed by atoms with Gasteiger partial charge in [0.05, 0.1) is 17.1 Å². The van der Waals surface area contributed by atoms with Crippen molar-refractivity contribution in [2.24, 2.45) is 0 Å². The van der Waals surface area contributed by atoms with Crippen molar-refractivity contribution in [2.75, 3.05) is 0 Å². The van der Waals surface area contributed by atoms with Crippen LogP contribution >= 0.6 is 11.3 Å². The smallest absolute Gasteiger partial charge is 0.240 e. The molecule has 0 spiro atoms. The van der Waals surface area contributed by atoms with E-state index in [-0.39, 0.29) is 22.9 Å². The minimum absolute atomic E-state index is 0.0743. The van der Waals surface area contributed by atoms with Crippen LogP contribution in [0.2, 0.25) is 0 Å². The summed E-state index contributed by atoms with van der Waals surface area (Å²) >= 11 is 1.31. The van der Waals surface area contributed by atoms with Crippen molar-refractivity contribution in [1.82, 2.24) is 9.71 Å². The van der Waals surface area contributed by atoms with Gasteiger partial charge >= 0.3 is 0 Å². The summed E-state index contributed by atoms with van der Waals surface area (Å²) in [5, 5.41) is 21.3. The molecule has 0 aliphatic rings. The average Bonchev–Trinajstić information content (AvgIpc) is 3.05. The topological polar surface area (TPSA) is 99.5 Å². The third-order valence-corrected chi connectivity index (χ3v) is 5.83. The molecular weight excluding hydrogens is 360 g/mol. The van der Waals surface area contributed by atoms with E-state index in [1.165, 1.54) is 23.5 Å². The van der Waals surface area contributed by atoms with E-state index in [1.54, 1.807) is 35.7 Å². The average molecular weight is 376 g/mol. The summed E-state index contributed by atoms with van der Waals surface area (Å²) in [5.41, 5.74) is 2.23. The Morgan fingerprint density at radius 2 is 1.80 bits per heavy atom. The molecule has 0 unspecified atom stereocenters. The third kappa shape index (κ3) is 3.98. The molecule has 0 fully saturated rings. The lowest BCUT2D eigenvalue weighted by Crippen LogP contribution is -2.23. The van der Waals surface area contributed by atoms with Crippen LogP contribution in [0.3, 0.4) is 0 Å². The molecule has 0 amide bonds. The molecule has 1 aromatic heterocycles. The Kier molecular flexibility index (Phi) is 4.76. The molecule has 8 heteroatoms. The zero-order valence-corrected chi connectivity index (χ0v) is 14.9.